The van der Waals surface area contributed by atoms with Gasteiger partial charge >= 0.3 is 5.97 Å². The molecule has 94 valence electrons. The largest absolute Gasteiger partial charge is 0.465 e. The molecule has 0 aliphatic carbocycles. The van der Waals surface area contributed by atoms with E-state index < -0.39 is 18.2 Å². The molecule has 1 rings (SSSR count). The van der Waals surface area contributed by atoms with Crippen molar-refractivity contribution in [2.75, 3.05) is 13.0 Å². The van der Waals surface area contributed by atoms with E-state index in [1.54, 1.807) is 0 Å². The summed E-state index contributed by atoms with van der Waals surface area (Å²) in [6.45, 7) is 0. The average Bonchev–Trinajstić information content (AvgIpc) is 2.36. The smallest absolute Gasteiger partial charge is 0.339 e. The number of halogens is 2. The van der Waals surface area contributed by atoms with E-state index in [-0.39, 0.29) is 22.2 Å². The third-order valence-electron chi connectivity index (χ3n) is 2.13. The molecule has 1 aromatic heterocycles. The Labute approximate surface area is 108 Å². The molecule has 0 bridgehead atoms. The molecule has 0 radical (unpaired) electrons. The predicted octanol–water partition coefficient (Wildman–Crippen LogP) is 1.15. The molecule has 0 saturated heterocycles. The van der Waals surface area contributed by atoms with Gasteiger partial charge in [0.1, 0.15) is 11.3 Å². The second kappa shape index (κ2) is 6.16. The monoisotopic (exact) mass is 279 g/mol. The molecular weight excluding hydrogens is 269 g/mol. The number of hydrogen-bond acceptors (Lipinski definition) is 5. The third kappa shape index (κ3) is 3.29. The summed E-state index contributed by atoms with van der Waals surface area (Å²) >= 11 is 11.2. The lowest BCUT2D eigenvalue weighted by atomic mass is 10.1. The Morgan fingerprint density at radius 3 is 2.76 bits per heavy atom. The molecule has 5 nitrogen and oxygen atoms in total. The van der Waals surface area contributed by atoms with Gasteiger partial charge in [-0.3, -0.25) is 0 Å². The van der Waals surface area contributed by atoms with Crippen LogP contribution < -0.4 is 0 Å². The molecule has 1 heterocycles. The Morgan fingerprint density at radius 1 is 1.59 bits per heavy atom. The van der Waals surface area contributed by atoms with Gasteiger partial charge in [-0.1, -0.05) is 11.6 Å². The van der Waals surface area contributed by atoms with Crippen molar-refractivity contribution >= 4 is 29.2 Å². The highest BCUT2D eigenvalue weighted by Gasteiger charge is 2.22. The van der Waals surface area contributed by atoms with Crippen LogP contribution in [0.5, 0.6) is 0 Å². The molecule has 0 aromatic carbocycles. The molecule has 0 saturated carbocycles. The Balaban J connectivity index is 3.10. The second-order valence-corrected chi connectivity index (χ2v) is 3.93. The van der Waals surface area contributed by atoms with E-state index in [1.807, 2.05) is 0 Å². The molecule has 2 atom stereocenters. The molecule has 1 aromatic rings. The van der Waals surface area contributed by atoms with Crippen LogP contribution in [0.25, 0.3) is 0 Å². The van der Waals surface area contributed by atoms with Crippen LogP contribution in [0.4, 0.5) is 0 Å². The maximum atomic E-state index is 11.3. The zero-order valence-electron chi connectivity index (χ0n) is 8.93. The van der Waals surface area contributed by atoms with E-state index in [4.69, 9.17) is 23.2 Å². The van der Waals surface area contributed by atoms with Gasteiger partial charge in [-0.25, -0.2) is 9.78 Å². The SMILES string of the molecule is COC(=O)c1cnc(Cl)c(C(O)C(O)CCl)c1. The first-order valence-corrected chi connectivity index (χ1v) is 5.58. The zero-order valence-corrected chi connectivity index (χ0v) is 10.4. The van der Waals surface area contributed by atoms with Crippen molar-refractivity contribution in [2.45, 2.75) is 12.2 Å². The molecule has 17 heavy (non-hydrogen) atoms. The van der Waals surface area contributed by atoms with Crippen LogP contribution >= 0.6 is 23.2 Å². The zero-order chi connectivity index (χ0) is 13.0. The molecule has 2 unspecified atom stereocenters. The van der Waals surface area contributed by atoms with Gasteiger partial charge in [0, 0.05) is 11.8 Å². The molecule has 2 N–H and O–H groups in total. The average molecular weight is 280 g/mol. The third-order valence-corrected chi connectivity index (χ3v) is 2.76. The highest BCUT2D eigenvalue weighted by molar-refractivity contribution is 6.30. The lowest BCUT2D eigenvalue weighted by Crippen LogP contribution is -2.20. The van der Waals surface area contributed by atoms with E-state index in [1.165, 1.54) is 19.4 Å². The van der Waals surface area contributed by atoms with Gasteiger partial charge in [0.05, 0.1) is 24.7 Å². The lowest BCUT2D eigenvalue weighted by Gasteiger charge is -2.16. The van der Waals surface area contributed by atoms with E-state index in [0.717, 1.165) is 0 Å². The number of carbonyl (C=O) groups is 1. The highest BCUT2D eigenvalue weighted by atomic mass is 35.5. The summed E-state index contributed by atoms with van der Waals surface area (Å²) in [4.78, 5) is 15.0. The first kappa shape index (κ1) is 14.2. The summed E-state index contributed by atoms with van der Waals surface area (Å²) in [6.07, 6.45) is -1.28. The minimum atomic E-state index is -1.31. The molecule has 0 spiro atoms. The standard InChI is InChI=1S/C10H11Cl2NO4/c1-17-10(16)5-2-6(9(12)13-4-5)8(15)7(14)3-11/h2,4,7-8,14-15H,3H2,1H3. The minimum absolute atomic E-state index is 0.00526. The summed E-state index contributed by atoms with van der Waals surface area (Å²) < 4.78 is 4.51. The Morgan fingerprint density at radius 2 is 2.24 bits per heavy atom. The van der Waals surface area contributed by atoms with Crippen LogP contribution in [0.2, 0.25) is 5.15 Å². The summed E-state index contributed by atoms with van der Waals surface area (Å²) in [5, 5.41) is 19.1. The molecule has 7 heteroatoms. The van der Waals surface area contributed by atoms with Crippen molar-refractivity contribution in [1.29, 1.82) is 0 Å². The minimum Gasteiger partial charge on any atom is -0.465 e. The van der Waals surface area contributed by atoms with Crippen molar-refractivity contribution in [3.05, 3.63) is 28.5 Å². The van der Waals surface area contributed by atoms with Gasteiger partial charge in [-0.15, -0.1) is 11.6 Å². The Hall–Kier alpha value is -0.880. The van der Waals surface area contributed by atoms with Gasteiger partial charge < -0.3 is 14.9 Å². The van der Waals surface area contributed by atoms with Crippen molar-refractivity contribution < 1.29 is 19.7 Å². The number of methoxy groups -OCH3 is 1. The number of rotatable bonds is 4. The molecule has 0 aliphatic heterocycles. The van der Waals surface area contributed by atoms with Crippen molar-refractivity contribution in [2.24, 2.45) is 0 Å². The lowest BCUT2D eigenvalue weighted by molar-refractivity contribution is 0.0324. The summed E-state index contributed by atoms with van der Waals surface area (Å²) in [5.41, 5.74) is 0.260. The number of aliphatic hydroxyl groups is 2. The number of carbonyl (C=O) groups excluding carboxylic acids is 1. The van der Waals surface area contributed by atoms with Gasteiger partial charge in [0.25, 0.3) is 0 Å². The van der Waals surface area contributed by atoms with E-state index in [2.05, 4.69) is 9.72 Å². The first-order chi connectivity index (χ1) is 8.01. The van der Waals surface area contributed by atoms with Crippen molar-refractivity contribution in [1.82, 2.24) is 4.98 Å². The summed E-state index contributed by atoms with van der Waals surface area (Å²) in [6, 6.07) is 1.31. The maximum absolute atomic E-state index is 11.3. The highest BCUT2D eigenvalue weighted by Crippen LogP contribution is 2.25. The molecule has 0 fully saturated rings. The number of ether oxygens (including phenoxy) is 1. The Kier molecular flexibility index (Phi) is 5.14. The summed E-state index contributed by atoms with van der Waals surface area (Å²) in [5.74, 6) is -0.775. The van der Waals surface area contributed by atoms with Crippen LogP contribution in [0, 0.1) is 0 Å². The van der Waals surface area contributed by atoms with Gasteiger partial charge in [0.15, 0.2) is 0 Å². The molecular formula is C10H11Cl2NO4. The second-order valence-electron chi connectivity index (χ2n) is 3.26. The molecule has 0 aliphatic rings. The predicted molar refractivity (Wildman–Crippen MR) is 62.3 cm³/mol. The molecule has 0 amide bonds. The van der Waals surface area contributed by atoms with Crippen LogP contribution in [0.3, 0.4) is 0 Å². The fourth-order valence-electron chi connectivity index (χ4n) is 1.19. The van der Waals surface area contributed by atoms with Gasteiger partial charge in [0.2, 0.25) is 0 Å². The van der Waals surface area contributed by atoms with E-state index >= 15 is 0 Å². The quantitative estimate of drug-likeness (QED) is 0.491. The summed E-state index contributed by atoms with van der Waals surface area (Å²) in [7, 11) is 1.22. The number of hydrogen-bond donors (Lipinski definition) is 2. The van der Waals surface area contributed by atoms with Crippen LogP contribution in [-0.2, 0) is 4.74 Å². The van der Waals surface area contributed by atoms with Gasteiger partial charge in [-0.05, 0) is 6.07 Å². The maximum Gasteiger partial charge on any atom is 0.339 e. The van der Waals surface area contributed by atoms with Crippen molar-refractivity contribution in [3.8, 4) is 0 Å². The van der Waals surface area contributed by atoms with Crippen LogP contribution in [0.1, 0.15) is 22.0 Å². The van der Waals surface area contributed by atoms with E-state index in [0.29, 0.717) is 0 Å². The van der Waals surface area contributed by atoms with E-state index in [9.17, 15) is 15.0 Å². The van der Waals surface area contributed by atoms with Crippen LogP contribution in [-0.4, -0.2) is 40.3 Å². The fourth-order valence-corrected chi connectivity index (χ4v) is 1.58. The Bertz CT molecular complexity index is 413. The fraction of sp³-hybridized carbons (Fsp3) is 0.400. The van der Waals surface area contributed by atoms with Crippen molar-refractivity contribution in [3.63, 3.8) is 0 Å². The number of alkyl halides is 1. The van der Waals surface area contributed by atoms with Gasteiger partial charge in [-0.2, -0.15) is 0 Å². The first-order valence-electron chi connectivity index (χ1n) is 4.67. The normalized spacial score (nSPS) is 14.2. The number of aromatic nitrogens is 1. The number of nitrogens with zero attached hydrogens (tertiary/aromatic N) is 1. The number of aliphatic hydroxyl groups excluding tert-OH is 2. The van der Waals surface area contributed by atoms with Crippen LogP contribution in [0.15, 0.2) is 12.3 Å². The number of esters is 1. The topological polar surface area (TPSA) is 79.7 Å². The number of pyridine rings is 1.